The van der Waals surface area contributed by atoms with E-state index in [-0.39, 0.29) is 12.0 Å². The predicted molar refractivity (Wildman–Crippen MR) is 78.3 cm³/mol. The minimum Gasteiger partial charge on any atom is -0.338 e. The van der Waals surface area contributed by atoms with Crippen LogP contribution in [0.2, 0.25) is 0 Å². The van der Waals surface area contributed by atoms with Gasteiger partial charge in [0, 0.05) is 32.4 Å². The first-order chi connectivity index (χ1) is 11.3. The first-order valence-electron chi connectivity index (χ1n) is 7.54. The first-order valence-corrected chi connectivity index (χ1v) is 7.54. The smallest absolute Gasteiger partial charge is 0.338 e. The van der Waals surface area contributed by atoms with E-state index >= 15 is 0 Å². The van der Waals surface area contributed by atoms with Crippen LogP contribution in [-0.2, 0) is 6.18 Å². The number of rotatable bonds is 3. The summed E-state index contributed by atoms with van der Waals surface area (Å²) in [5, 5.41) is 3.78. The van der Waals surface area contributed by atoms with E-state index in [4.69, 9.17) is 4.52 Å². The molecule has 0 N–H and O–H groups in total. The highest BCUT2D eigenvalue weighted by Crippen LogP contribution is 2.28. The van der Waals surface area contributed by atoms with E-state index in [9.17, 15) is 13.2 Å². The first kappa shape index (κ1) is 16.6. The van der Waals surface area contributed by atoms with Crippen LogP contribution in [0.25, 0.3) is 0 Å². The lowest BCUT2D eigenvalue weighted by Gasteiger charge is -2.36. The summed E-state index contributed by atoms with van der Waals surface area (Å²) in [6, 6.07) is 0.829. The van der Waals surface area contributed by atoms with Crippen LogP contribution >= 0.6 is 0 Å². The second kappa shape index (κ2) is 6.34. The summed E-state index contributed by atoms with van der Waals surface area (Å²) in [6.45, 7) is 6.05. The minimum atomic E-state index is -4.47. The van der Waals surface area contributed by atoms with Gasteiger partial charge in [-0.15, -0.1) is 0 Å². The summed E-state index contributed by atoms with van der Waals surface area (Å²) in [5.41, 5.74) is -0.926. The normalized spacial score (nSPS) is 18.0. The molecule has 1 fully saturated rings. The number of hydrogen-bond acceptors (Lipinski definition) is 7. The van der Waals surface area contributed by atoms with Crippen molar-refractivity contribution in [1.82, 2.24) is 25.0 Å². The van der Waals surface area contributed by atoms with Gasteiger partial charge >= 0.3 is 6.18 Å². The fraction of sp³-hybridized carbons (Fsp3) is 0.571. The average Bonchev–Trinajstić information content (AvgIpc) is 3.00. The Morgan fingerprint density at radius 2 is 1.88 bits per heavy atom. The molecule has 0 amide bonds. The van der Waals surface area contributed by atoms with Gasteiger partial charge in [0.05, 0.1) is 6.04 Å². The summed E-state index contributed by atoms with van der Waals surface area (Å²) >= 11 is 0. The van der Waals surface area contributed by atoms with Crippen molar-refractivity contribution in [3.05, 3.63) is 29.7 Å². The quantitative estimate of drug-likeness (QED) is 0.845. The molecule has 1 aliphatic rings. The Labute approximate surface area is 136 Å². The Hall–Kier alpha value is -2.23. The predicted octanol–water partition coefficient (Wildman–Crippen LogP) is 2.07. The van der Waals surface area contributed by atoms with E-state index in [0.717, 1.165) is 12.3 Å². The zero-order chi connectivity index (χ0) is 17.3. The number of alkyl halides is 3. The molecule has 0 saturated carbocycles. The number of hydrogen-bond donors (Lipinski definition) is 0. The van der Waals surface area contributed by atoms with Gasteiger partial charge in [-0.25, -0.2) is 9.97 Å². The molecule has 1 atom stereocenters. The van der Waals surface area contributed by atoms with Crippen LogP contribution in [0.5, 0.6) is 0 Å². The Balaban J connectivity index is 1.65. The third-order valence-electron chi connectivity index (χ3n) is 3.98. The topological polar surface area (TPSA) is 71.2 Å². The Kier molecular flexibility index (Phi) is 4.39. The lowest BCUT2D eigenvalue weighted by atomic mass is 10.2. The van der Waals surface area contributed by atoms with Gasteiger partial charge in [0.25, 0.3) is 0 Å². The zero-order valence-corrected chi connectivity index (χ0v) is 13.3. The number of aryl methyl sites for hydroxylation is 1. The van der Waals surface area contributed by atoms with Crippen LogP contribution in [0.4, 0.5) is 19.1 Å². The number of aromatic nitrogens is 4. The van der Waals surface area contributed by atoms with E-state index < -0.39 is 11.9 Å². The van der Waals surface area contributed by atoms with Gasteiger partial charge in [0.2, 0.25) is 11.8 Å². The van der Waals surface area contributed by atoms with Crippen LogP contribution in [0.15, 0.2) is 16.8 Å². The largest absolute Gasteiger partial charge is 0.433 e. The molecule has 0 aliphatic carbocycles. The SMILES string of the molecule is Cc1noc([C@H](C)N2CCN(c3nccc(C(F)(F)F)n3)CC2)n1. The van der Waals surface area contributed by atoms with Crippen molar-refractivity contribution in [2.24, 2.45) is 0 Å². The molecule has 7 nitrogen and oxygen atoms in total. The van der Waals surface area contributed by atoms with Gasteiger partial charge < -0.3 is 9.42 Å². The second-order valence-corrected chi connectivity index (χ2v) is 5.62. The summed E-state index contributed by atoms with van der Waals surface area (Å²) < 4.78 is 43.4. The van der Waals surface area contributed by atoms with E-state index in [0.29, 0.717) is 37.9 Å². The summed E-state index contributed by atoms with van der Waals surface area (Å²) in [6.07, 6.45) is -3.33. The van der Waals surface area contributed by atoms with Crippen molar-refractivity contribution in [2.45, 2.75) is 26.1 Å². The Morgan fingerprint density at radius 3 is 2.46 bits per heavy atom. The minimum absolute atomic E-state index is 0.0456. The Morgan fingerprint density at radius 1 is 1.17 bits per heavy atom. The Bertz CT molecular complexity index is 696. The average molecular weight is 342 g/mol. The van der Waals surface area contributed by atoms with Crippen LogP contribution in [-0.4, -0.2) is 51.2 Å². The number of anilines is 1. The fourth-order valence-corrected chi connectivity index (χ4v) is 2.61. The van der Waals surface area contributed by atoms with Crippen LogP contribution in [0, 0.1) is 6.92 Å². The number of halogens is 3. The number of piperazine rings is 1. The molecule has 3 rings (SSSR count). The van der Waals surface area contributed by atoms with E-state index in [1.807, 2.05) is 6.92 Å². The van der Waals surface area contributed by atoms with Crippen LogP contribution in [0.3, 0.4) is 0 Å². The van der Waals surface area contributed by atoms with Crippen molar-refractivity contribution in [3.8, 4) is 0 Å². The second-order valence-electron chi connectivity index (χ2n) is 5.62. The van der Waals surface area contributed by atoms with Gasteiger partial charge in [-0.3, -0.25) is 4.90 Å². The monoisotopic (exact) mass is 342 g/mol. The maximum Gasteiger partial charge on any atom is 0.433 e. The highest BCUT2D eigenvalue weighted by Gasteiger charge is 2.34. The maximum atomic E-state index is 12.8. The molecule has 130 valence electrons. The van der Waals surface area contributed by atoms with Crippen molar-refractivity contribution in [3.63, 3.8) is 0 Å². The summed E-state index contributed by atoms with van der Waals surface area (Å²) in [4.78, 5) is 15.7. The highest BCUT2D eigenvalue weighted by atomic mass is 19.4. The van der Waals surface area contributed by atoms with E-state index in [1.165, 1.54) is 0 Å². The third kappa shape index (κ3) is 3.48. The molecule has 2 aromatic rings. The lowest BCUT2D eigenvalue weighted by molar-refractivity contribution is -0.141. The van der Waals surface area contributed by atoms with Gasteiger partial charge in [-0.05, 0) is 19.9 Å². The molecule has 1 saturated heterocycles. The molecule has 1 aliphatic heterocycles. The maximum absolute atomic E-state index is 12.8. The lowest BCUT2D eigenvalue weighted by Crippen LogP contribution is -2.47. The molecule has 0 radical (unpaired) electrons. The molecule has 0 bridgehead atoms. The van der Waals surface area contributed by atoms with Crippen molar-refractivity contribution >= 4 is 5.95 Å². The zero-order valence-electron chi connectivity index (χ0n) is 13.3. The molecule has 0 aromatic carbocycles. The van der Waals surface area contributed by atoms with Crippen molar-refractivity contribution in [1.29, 1.82) is 0 Å². The summed E-state index contributed by atoms with van der Waals surface area (Å²) in [7, 11) is 0. The van der Waals surface area contributed by atoms with Crippen LogP contribution < -0.4 is 4.90 Å². The van der Waals surface area contributed by atoms with Crippen LogP contribution in [0.1, 0.15) is 30.4 Å². The van der Waals surface area contributed by atoms with Crippen molar-refractivity contribution in [2.75, 3.05) is 31.1 Å². The molecule has 24 heavy (non-hydrogen) atoms. The molecular weight excluding hydrogens is 325 g/mol. The molecular formula is C14H17F3N6O. The van der Waals surface area contributed by atoms with Gasteiger partial charge in [-0.2, -0.15) is 18.2 Å². The van der Waals surface area contributed by atoms with Gasteiger partial charge in [0.15, 0.2) is 5.82 Å². The highest BCUT2D eigenvalue weighted by molar-refractivity contribution is 5.31. The summed E-state index contributed by atoms with van der Waals surface area (Å²) in [5.74, 6) is 1.22. The van der Waals surface area contributed by atoms with Gasteiger partial charge in [-0.1, -0.05) is 5.16 Å². The van der Waals surface area contributed by atoms with Gasteiger partial charge in [0.1, 0.15) is 5.69 Å². The third-order valence-corrected chi connectivity index (χ3v) is 3.98. The number of nitrogens with zero attached hydrogens (tertiary/aromatic N) is 6. The van der Waals surface area contributed by atoms with E-state index in [2.05, 4.69) is 25.0 Å². The fourth-order valence-electron chi connectivity index (χ4n) is 2.61. The molecule has 10 heteroatoms. The molecule has 0 unspecified atom stereocenters. The molecule has 3 heterocycles. The molecule has 2 aromatic heterocycles. The van der Waals surface area contributed by atoms with E-state index in [1.54, 1.807) is 11.8 Å². The van der Waals surface area contributed by atoms with Crippen molar-refractivity contribution < 1.29 is 17.7 Å². The molecule has 0 spiro atoms. The standard InChI is InChI=1S/C14H17F3N6O/c1-9(12-19-10(2)21-24-12)22-5-7-23(8-6-22)13-18-4-3-11(20-13)14(15,16)17/h3-4,9H,5-8H2,1-2H3/t9-/m0/s1.